The normalized spacial score (nSPS) is 11.2. The molecule has 0 saturated heterocycles. The lowest BCUT2D eigenvalue weighted by Gasteiger charge is -2.18. The average molecular weight is 457 g/mol. The number of carbonyl (C=O) groups is 2. The first kappa shape index (κ1) is 23.8. The molecule has 7 nitrogen and oxygen atoms in total. The molecule has 2 aromatic rings. The lowest BCUT2D eigenvalue weighted by Crippen LogP contribution is -2.34. The summed E-state index contributed by atoms with van der Waals surface area (Å²) in [5, 5.41) is 0.174. The second-order valence-corrected chi connectivity index (χ2v) is 8.86. The smallest absolute Gasteiger partial charge is 0.321 e. The monoisotopic (exact) mass is 456 g/mol. The van der Waals surface area contributed by atoms with Crippen molar-refractivity contribution in [2.45, 2.75) is 25.3 Å². The van der Waals surface area contributed by atoms with E-state index in [-0.39, 0.29) is 22.0 Å². The fraction of sp³-hybridized carbons (Fsp3) is 0.300. The number of hydrogen-bond donors (Lipinski definition) is 1. The third-order valence-electron chi connectivity index (χ3n) is 4.43. The molecule has 0 spiro atoms. The van der Waals surface area contributed by atoms with Crippen LogP contribution >= 0.6 is 11.6 Å². The van der Waals surface area contributed by atoms with Gasteiger partial charge in [-0.05, 0) is 49.2 Å². The van der Waals surface area contributed by atoms with E-state index < -0.39 is 40.9 Å². The molecule has 0 saturated carbocycles. The Kier molecular flexibility index (Phi) is 7.94. The van der Waals surface area contributed by atoms with Crippen LogP contribution in [0.3, 0.4) is 0 Å². The number of hydrogen-bond acceptors (Lipinski definition) is 5. The van der Waals surface area contributed by atoms with Gasteiger partial charge in [0.1, 0.15) is 12.4 Å². The number of sulfonamides is 1. The van der Waals surface area contributed by atoms with Crippen LogP contribution in [0.1, 0.15) is 16.7 Å². The van der Waals surface area contributed by atoms with Crippen LogP contribution in [0.2, 0.25) is 5.02 Å². The van der Waals surface area contributed by atoms with Gasteiger partial charge in [0.2, 0.25) is 10.0 Å². The molecule has 0 heterocycles. The molecule has 2 aromatic carbocycles. The van der Waals surface area contributed by atoms with E-state index >= 15 is 0 Å². The highest BCUT2D eigenvalue weighted by Crippen LogP contribution is 2.20. The first-order chi connectivity index (χ1) is 14.0. The molecule has 2 rings (SSSR count). The van der Waals surface area contributed by atoms with Crippen molar-refractivity contribution in [3.05, 3.63) is 63.9 Å². The van der Waals surface area contributed by atoms with E-state index in [1.807, 2.05) is 6.92 Å². The van der Waals surface area contributed by atoms with Gasteiger partial charge in [0.05, 0.1) is 4.90 Å². The Bertz CT molecular complexity index is 1040. The van der Waals surface area contributed by atoms with Crippen molar-refractivity contribution in [3.8, 4) is 0 Å². The van der Waals surface area contributed by atoms with Gasteiger partial charge < -0.3 is 9.64 Å². The fourth-order valence-electron chi connectivity index (χ4n) is 2.43. The Labute approximate surface area is 179 Å². The summed E-state index contributed by atoms with van der Waals surface area (Å²) in [5.41, 5.74) is 1.87. The number of benzene rings is 2. The Morgan fingerprint density at radius 1 is 1.17 bits per heavy atom. The van der Waals surface area contributed by atoms with Gasteiger partial charge in [-0.25, -0.2) is 12.8 Å². The quantitative estimate of drug-likeness (QED) is 0.616. The van der Waals surface area contributed by atoms with Crippen LogP contribution in [0.15, 0.2) is 41.3 Å². The predicted molar refractivity (Wildman–Crippen MR) is 110 cm³/mol. The molecule has 30 heavy (non-hydrogen) atoms. The standard InChI is InChI=1S/C20H22ClFN2O5S/c1-13-7-8-15(9-14(13)2)30(27,28)23-10-20(26)29-12-19(25)24(3)11-16-17(21)5-4-6-18(16)22/h4-9,23H,10-12H2,1-3H3. The molecule has 0 bridgehead atoms. The molecule has 162 valence electrons. The zero-order valence-electron chi connectivity index (χ0n) is 16.7. The van der Waals surface area contributed by atoms with Crippen LogP contribution in [-0.4, -0.2) is 45.4 Å². The number of carbonyl (C=O) groups excluding carboxylic acids is 2. The van der Waals surface area contributed by atoms with Gasteiger partial charge in [-0.1, -0.05) is 23.7 Å². The van der Waals surface area contributed by atoms with Crippen LogP contribution in [0.5, 0.6) is 0 Å². The van der Waals surface area contributed by atoms with Gasteiger partial charge in [-0.3, -0.25) is 9.59 Å². The summed E-state index contributed by atoms with van der Waals surface area (Å²) in [4.78, 5) is 25.1. The summed E-state index contributed by atoms with van der Waals surface area (Å²) < 4.78 is 45.3. The maximum Gasteiger partial charge on any atom is 0.321 e. The average Bonchev–Trinajstić information content (AvgIpc) is 2.69. The third kappa shape index (κ3) is 6.25. The largest absolute Gasteiger partial charge is 0.455 e. The van der Waals surface area contributed by atoms with Crippen LogP contribution in [0.25, 0.3) is 0 Å². The number of amides is 1. The Morgan fingerprint density at radius 3 is 2.50 bits per heavy atom. The van der Waals surface area contributed by atoms with Crippen LogP contribution < -0.4 is 4.72 Å². The maximum atomic E-state index is 13.8. The predicted octanol–water partition coefficient (Wildman–Crippen LogP) is 2.58. The number of nitrogens with zero attached hydrogens (tertiary/aromatic N) is 1. The number of esters is 1. The van der Waals surface area contributed by atoms with Gasteiger partial charge in [-0.15, -0.1) is 0 Å². The van der Waals surface area contributed by atoms with E-state index in [2.05, 4.69) is 4.72 Å². The lowest BCUT2D eigenvalue weighted by atomic mass is 10.1. The van der Waals surface area contributed by atoms with E-state index in [9.17, 15) is 22.4 Å². The fourth-order valence-corrected chi connectivity index (χ4v) is 3.71. The highest BCUT2D eigenvalue weighted by molar-refractivity contribution is 7.89. The molecule has 0 aliphatic rings. The molecular formula is C20H22ClFN2O5S. The summed E-state index contributed by atoms with van der Waals surface area (Å²) in [5.74, 6) is -2.08. The van der Waals surface area contributed by atoms with Gasteiger partial charge in [-0.2, -0.15) is 4.72 Å². The van der Waals surface area contributed by atoms with Crippen molar-refractivity contribution < 1.29 is 27.1 Å². The molecule has 0 fully saturated rings. The van der Waals surface area contributed by atoms with E-state index in [4.69, 9.17) is 16.3 Å². The lowest BCUT2D eigenvalue weighted by molar-refractivity contribution is -0.150. The summed E-state index contributed by atoms with van der Waals surface area (Å²) in [7, 11) is -2.50. The molecular weight excluding hydrogens is 435 g/mol. The number of likely N-dealkylation sites (N-methyl/N-ethyl adjacent to an activating group) is 1. The molecule has 0 radical (unpaired) electrons. The van der Waals surface area contributed by atoms with Gasteiger partial charge in [0.25, 0.3) is 5.91 Å². The summed E-state index contributed by atoms with van der Waals surface area (Å²) in [6.45, 7) is 2.27. The topological polar surface area (TPSA) is 92.8 Å². The van der Waals surface area contributed by atoms with E-state index in [0.717, 1.165) is 16.0 Å². The van der Waals surface area contributed by atoms with Gasteiger partial charge >= 0.3 is 5.97 Å². The Balaban J connectivity index is 1.86. The second kappa shape index (κ2) is 10.0. The first-order valence-corrected chi connectivity index (χ1v) is 10.8. The molecule has 10 heteroatoms. The Morgan fingerprint density at radius 2 is 1.87 bits per heavy atom. The number of ether oxygens (including phenoxy) is 1. The molecule has 0 atom stereocenters. The first-order valence-electron chi connectivity index (χ1n) is 8.90. The van der Waals surface area contributed by atoms with E-state index in [0.29, 0.717) is 0 Å². The Hall–Kier alpha value is -2.49. The van der Waals surface area contributed by atoms with Crippen molar-refractivity contribution in [2.24, 2.45) is 0 Å². The minimum atomic E-state index is -3.90. The van der Waals surface area contributed by atoms with Crippen molar-refractivity contribution >= 4 is 33.5 Å². The van der Waals surface area contributed by atoms with Gasteiger partial charge in [0, 0.05) is 24.2 Å². The van der Waals surface area contributed by atoms with Crippen LogP contribution in [-0.2, 0) is 30.9 Å². The number of rotatable bonds is 8. The van der Waals surface area contributed by atoms with Crippen molar-refractivity contribution in [3.63, 3.8) is 0 Å². The zero-order chi connectivity index (χ0) is 22.5. The van der Waals surface area contributed by atoms with Crippen molar-refractivity contribution in [1.29, 1.82) is 0 Å². The number of aryl methyl sites for hydroxylation is 2. The maximum absolute atomic E-state index is 13.8. The van der Waals surface area contributed by atoms with Gasteiger partial charge in [0.15, 0.2) is 6.61 Å². The molecule has 0 aliphatic heterocycles. The highest BCUT2D eigenvalue weighted by Gasteiger charge is 2.19. The van der Waals surface area contributed by atoms with Crippen LogP contribution in [0, 0.1) is 19.7 Å². The minimum Gasteiger partial charge on any atom is -0.455 e. The number of nitrogens with one attached hydrogen (secondary N) is 1. The molecule has 0 unspecified atom stereocenters. The second-order valence-electron chi connectivity index (χ2n) is 6.68. The highest BCUT2D eigenvalue weighted by atomic mass is 35.5. The molecule has 0 aromatic heterocycles. The summed E-state index contributed by atoms with van der Waals surface area (Å²) in [6, 6.07) is 8.76. The number of halogens is 2. The van der Waals surface area contributed by atoms with Crippen molar-refractivity contribution in [2.75, 3.05) is 20.2 Å². The van der Waals surface area contributed by atoms with Crippen molar-refractivity contribution in [1.82, 2.24) is 9.62 Å². The SMILES string of the molecule is Cc1ccc(S(=O)(=O)NCC(=O)OCC(=O)N(C)Cc2c(F)cccc2Cl)cc1C. The minimum absolute atomic E-state index is 0.0241. The van der Waals surface area contributed by atoms with Crippen LogP contribution in [0.4, 0.5) is 4.39 Å². The molecule has 1 N–H and O–H groups in total. The zero-order valence-corrected chi connectivity index (χ0v) is 18.3. The summed E-state index contributed by atoms with van der Waals surface area (Å²) in [6.07, 6.45) is 0. The third-order valence-corrected chi connectivity index (χ3v) is 6.19. The summed E-state index contributed by atoms with van der Waals surface area (Å²) >= 11 is 5.93. The van der Waals surface area contributed by atoms with E-state index in [1.54, 1.807) is 13.0 Å². The van der Waals surface area contributed by atoms with E-state index in [1.165, 1.54) is 37.4 Å². The molecule has 0 aliphatic carbocycles. The molecule has 1 amide bonds.